The van der Waals surface area contributed by atoms with Crippen LogP contribution in [-0.2, 0) is 16.2 Å². The van der Waals surface area contributed by atoms with Crippen LogP contribution in [-0.4, -0.2) is 28.0 Å². The molecule has 5 rings (SSSR count). The third-order valence-corrected chi connectivity index (χ3v) is 7.30. The summed E-state index contributed by atoms with van der Waals surface area (Å²) in [5.41, 5.74) is 0.750. The van der Waals surface area contributed by atoms with E-state index in [0.717, 1.165) is 11.4 Å². The number of imide groups is 1. The first-order chi connectivity index (χ1) is 15.8. The van der Waals surface area contributed by atoms with Crippen molar-refractivity contribution in [2.24, 2.45) is 28.8 Å². The van der Waals surface area contributed by atoms with Crippen LogP contribution in [0.3, 0.4) is 0 Å². The number of allylic oxidation sites excluding steroid dienone is 2. The zero-order valence-electron chi connectivity index (χ0n) is 17.1. The number of rotatable bonds is 6. The molecule has 0 spiro atoms. The van der Waals surface area contributed by atoms with Crippen molar-refractivity contribution in [1.82, 2.24) is 5.01 Å². The highest BCUT2D eigenvalue weighted by Gasteiger charge is 2.59. The molecular formula is C23H17BrClN3O5. The SMILES string of the molecule is O=C1[C@@H]2[C@H](C(=O)N1N=Cc1cc(Br)c(OCc3ccccc3Cl)c([N+](=O)[O-])c1)[C@H]1C=C[C@H]2C1. The number of nitro groups is 1. The Morgan fingerprint density at radius 3 is 2.48 bits per heavy atom. The third-order valence-electron chi connectivity index (χ3n) is 6.34. The van der Waals surface area contributed by atoms with Crippen LogP contribution >= 0.6 is 27.5 Å². The third kappa shape index (κ3) is 3.75. The van der Waals surface area contributed by atoms with E-state index in [1.54, 1.807) is 30.3 Å². The Bertz CT molecular complexity index is 1220. The summed E-state index contributed by atoms with van der Waals surface area (Å²) >= 11 is 9.45. The number of nitrogens with zero attached hydrogens (tertiary/aromatic N) is 3. The first-order valence-electron chi connectivity index (χ1n) is 10.3. The van der Waals surface area contributed by atoms with E-state index in [1.807, 2.05) is 12.2 Å². The lowest BCUT2D eigenvalue weighted by Crippen LogP contribution is -2.28. The molecule has 2 amide bonds. The van der Waals surface area contributed by atoms with Crippen molar-refractivity contribution >= 4 is 51.2 Å². The van der Waals surface area contributed by atoms with Gasteiger partial charge in [0.15, 0.2) is 0 Å². The van der Waals surface area contributed by atoms with Gasteiger partial charge >= 0.3 is 5.69 Å². The van der Waals surface area contributed by atoms with Crippen LogP contribution in [0.4, 0.5) is 5.69 Å². The van der Waals surface area contributed by atoms with Crippen molar-refractivity contribution < 1.29 is 19.2 Å². The van der Waals surface area contributed by atoms with Gasteiger partial charge in [0.1, 0.15) is 6.61 Å². The van der Waals surface area contributed by atoms with Gasteiger partial charge in [-0.05, 0) is 46.3 Å². The van der Waals surface area contributed by atoms with Gasteiger partial charge in [0.2, 0.25) is 5.75 Å². The number of ether oxygens (including phenoxy) is 1. The molecule has 1 saturated heterocycles. The van der Waals surface area contributed by atoms with E-state index >= 15 is 0 Å². The van der Waals surface area contributed by atoms with Crippen LogP contribution < -0.4 is 4.74 Å². The van der Waals surface area contributed by atoms with Crippen LogP contribution in [0.25, 0.3) is 0 Å². The van der Waals surface area contributed by atoms with E-state index in [1.165, 1.54) is 12.3 Å². The number of hydrazone groups is 1. The first kappa shape index (κ1) is 21.8. The predicted octanol–water partition coefficient (Wildman–Crippen LogP) is 4.73. The standard InChI is InChI=1S/C23H17BrClN3O5/c24-16-7-12(8-18(28(31)32)21(16)33-11-15-3-1-2-4-17(15)25)10-26-27-22(29)19-13-5-6-14(9-13)20(19)23(27)30/h1-8,10,13-14,19-20H,9,11H2/t13-,14-,19-,20+/m0/s1. The molecule has 1 aliphatic heterocycles. The van der Waals surface area contributed by atoms with E-state index in [2.05, 4.69) is 21.0 Å². The molecule has 2 aromatic carbocycles. The molecule has 4 atom stereocenters. The Kier molecular flexibility index (Phi) is 5.54. The number of amides is 2. The Balaban J connectivity index is 1.38. The van der Waals surface area contributed by atoms with Gasteiger partial charge in [-0.15, -0.1) is 0 Å². The summed E-state index contributed by atoms with van der Waals surface area (Å²) in [5, 5.41) is 17.2. The number of fused-ring (bicyclic) bond motifs is 5. The molecule has 2 aliphatic carbocycles. The van der Waals surface area contributed by atoms with Crippen molar-refractivity contribution in [2.45, 2.75) is 13.0 Å². The summed E-state index contributed by atoms with van der Waals surface area (Å²) in [5.74, 6) is -1.12. The second-order valence-electron chi connectivity index (χ2n) is 8.22. The molecule has 8 nitrogen and oxygen atoms in total. The molecule has 0 N–H and O–H groups in total. The molecule has 10 heteroatoms. The molecule has 1 saturated carbocycles. The Labute approximate surface area is 202 Å². The molecule has 0 radical (unpaired) electrons. The van der Waals surface area contributed by atoms with Gasteiger partial charge in [0.05, 0.1) is 27.4 Å². The minimum atomic E-state index is -0.566. The summed E-state index contributed by atoms with van der Waals surface area (Å²) in [6, 6.07) is 9.92. The topological polar surface area (TPSA) is 102 Å². The molecule has 0 unspecified atom stereocenters. The smallest absolute Gasteiger partial charge is 0.312 e. The summed E-state index contributed by atoms with van der Waals surface area (Å²) in [7, 11) is 0. The highest BCUT2D eigenvalue weighted by atomic mass is 79.9. The molecule has 3 aliphatic rings. The molecule has 0 aromatic heterocycles. The average molecular weight is 531 g/mol. The van der Waals surface area contributed by atoms with Gasteiger partial charge in [-0.2, -0.15) is 10.1 Å². The molecule has 1 heterocycles. The fourth-order valence-corrected chi connectivity index (χ4v) is 5.61. The largest absolute Gasteiger partial charge is 0.481 e. The van der Waals surface area contributed by atoms with Crippen molar-refractivity contribution in [1.29, 1.82) is 0 Å². The van der Waals surface area contributed by atoms with Gasteiger partial charge in [-0.1, -0.05) is 42.0 Å². The number of benzene rings is 2. The molecular weight excluding hydrogens is 514 g/mol. The number of hydrogen-bond acceptors (Lipinski definition) is 6. The fourth-order valence-electron chi connectivity index (χ4n) is 4.84. The monoisotopic (exact) mass is 529 g/mol. The van der Waals surface area contributed by atoms with Crippen LogP contribution in [0.15, 0.2) is 58.1 Å². The molecule has 2 bridgehead atoms. The Hall–Kier alpha value is -3.04. The molecule has 33 heavy (non-hydrogen) atoms. The number of halogens is 2. The number of carbonyl (C=O) groups is 2. The van der Waals surface area contributed by atoms with Crippen LogP contribution in [0.1, 0.15) is 17.5 Å². The van der Waals surface area contributed by atoms with Gasteiger partial charge in [0.25, 0.3) is 11.8 Å². The lowest BCUT2D eigenvalue weighted by atomic mass is 9.85. The Morgan fingerprint density at radius 1 is 1.18 bits per heavy atom. The Morgan fingerprint density at radius 2 is 1.85 bits per heavy atom. The number of hydrogen-bond donors (Lipinski definition) is 0. The van der Waals surface area contributed by atoms with E-state index in [-0.39, 0.29) is 53.5 Å². The lowest BCUT2D eigenvalue weighted by Gasteiger charge is -2.13. The summed E-state index contributed by atoms with van der Waals surface area (Å²) < 4.78 is 6.04. The fraction of sp³-hybridized carbons (Fsp3) is 0.261. The maximum atomic E-state index is 12.8. The van der Waals surface area contributed by atoms with Gasteiger partial charge < -0.3 is 4.74 Å². The highest BCUT2D eigenvalue weighted by Crippen LogP contribution is 2.52. The predicted molar refractivity (Wildman–Crippen MR) is 124 cm³/mol. The minimum absolute atomic E-state index is 0.0441. The molecule has 2 fully saturated rings. The number of nitro benzene ring substituents is 1. The maximum Gasteiger partial charge on any atom is 0.312 e. The summed E-state index contributed by atoms with van der Waals surface area (Å²) in [6.45, 7) is 0.0441. The van der Waals surface area contributed by atoms with Crippen molar-refractivity contribution in [3.63, 3.8) is 0 Å². The normalized spacial score (nSPS) is 25.3. The zero-order chi connectivity index (χ0) is 23.3. The van der Waals surface area contributed by atoms with Gasteiger partial charge in [-0.25, -0.2) is 0 Å². The zero-order valence-corrected chi connectivity index (χ0v) is 19.4. The number of carbonyl (C=O) groups excluding carboxylic acids is 2. The summed E-state index contributed by atoms with van der Waals surface area (Å²) in [4.78, 5) is 36.6. The molecule has 2 aromatic rings. The highest BCUT2D eigenvalue weighted by molar-refractivity contribution is 9.10. The first-order valence-corrected chi connectivity index (χ1v) is 11.5. The summed E-state index contributed by atoms with van der Waals surface area (Å²) in [6.07, 6.45) is 6.12. The quantitative estimate of drug-likeness (QED) is 0.177. The molecule has 168 valence electrons. The van der Waals surface area contributed by atoms with Crippen molar-refractivity contribution in [3.05, 3.63) is 79.3 Å². The van der Waals surface area contributed by atoms with E-state index in [0.29, 0.717) is 20.6 Å². The second kappa shape index (κ2) is 8.39. The van der Waals surface area contributed by atoms with Crippen LogP contribution in [0, 0.1) is 33.8 Å². The average Bonchev–Trinajstić information content (AvgIpc) is 3.46. The van der Waals surface area contributed by atoms with Crippen molar-refractivity contribution in [2.75, 3.05) is 0 Å². The van der Waals surface area contributed by atoms with E-state index in [9.17, 15) is 19.7 Å². The maximum absolute atomic E-state index is 12.8. The van der Waals surface area contributed by atoms with Crippen LogP contribution in [0.2, 0.25) is 5.02 Å². The van der Waals surface area contributed by atoms with Gasteiger partial charge in [0, 0.05) is 22.2 Å². The van der Waals surface area contributed by atoms with E-state index < -0.39 is 4.92 Å². The van der Waals surface area contributed by atoms with Crippen LogP contribution in [0.5, 0.6) is 5.75 Å². The van der Waals surface area contributed by atoms with E-state index in [4.69, 9.17) is 16.3 Å². The minimum Gasteiger partial charge on any atom is -0.481 e. The van der Waals surface area contributed by atoms with Gasteiger partial charge in [-0.3, -0.25) is 19.7 Å². The second-order valence-corrected chi connectivity index (χ2v) is 9.48. The lowest BCUT2D eigenvalue weighted by molar-refractivity contribution is -0.386. The van der Waals surface area contributed by atoms with Crippen molar-refractivity contribution in [3.8, 4) is 5.75 Å².